The Labute approximate surface area is 121 Å². The SMILES string of the molecule is CC1CCC(NCc2ccc(S(=O)(=O)N(C)C)o2)C1C. The molecule has 1 saturated carbocycles. The fraction of sp³-hybridized carbons (Fsp3) is 0.714. The molecule has 1 heterocycles. The molecule has 1 aromatic rings. The van der Waals surface area contributed by atoms with Crippen molar-refractivity contribution in [3.63, 3.8) is 0 Å². The molecule has 114 valence electrons. The quantitative estimate of drug-likeness (QED) is 0.904. The van der Waals surface area contributed by atoms with Crippen LogP contribution in [0.15, 0.2) is 21.6 Å². The van der Waals surface area contributed by atoms with Crippen LogP contribution >= 0.6 is 0 Å². The number of nitrogens with one attached hydrogen (secondary N) is 1. The smallest absolute Gasteiger partial charge is 0.275 e. The van der Waals surface area contributed by atoms with Gasteiger partial charge in [-0.05, 0) is 36.8 Å². The lowest BCUT2D eigenvalue weighted by Crippen LogP contribution is -2.31. The number of rotatable bonds is 5. The molecule has 20 heavy (non-hydrogen) atoms. The van der Waals surface area contributed by atoms with E-state index in [4.69, 9.17) is 4.42 Å². The Bertz CT molecular complexity index is 551. The summed E-state index contributed by atoms with van der Waals surface area (Å²) in [6.07, 6.45) is 2.42. The highest BCUT2D eigenvalue weighted by atomic mass is 32.2. The summed E-state index contributed by atoms with van der Waals surface area (Å²) in [4.78, 5) is 0. The van der Waals surface area contributed by atoms with Gasteiger partial charge < -0.3 is 9.73 Å². The third kappa shape index (κ3) is 3.07. The van der Waals surface area contributed by atoms with Crippen molar-refractivity contribution in [1.82, 2.24) is 9.62 Å². The van der Waals surface area contributed by atoms with Gasteiger partial charge in [-0.15, -0.1) is 0 Å². The second-order valence-corrected chi connectivity index (χ2v) is 7.99. The van der Waals surface area contributed by atoms with Crippen molar-refractivity contribution in [3.8, 4) is 0 Å². The molecule has 0 aliphatic heterocycles. The molecule has 0 aromatic carbocycles. The van der Waals surface area contributed by atoms with E-state index >= 15 is 0 Å². The maximum atomic E-state index is 11.9. The van der Waals surface area contributed by atoms with Crippen LogP contribution in [0.1, 0.15) is 32.4 Å². The Balaban J connectivity index is 1.97. The molecule has 0 amide bonds. The molecule has 0 saturated heterocycles. The van der Waals surface area contributed by atoms with Gasteiger partial charge in [0.25, 0.3) is 10.0 Å². The Kier molecular flexibility index (Phi) is 4.56. The molecule has 0 spiro atoms. The Hall–Kier alpha value is -0.850. The van der Waals surface area contributed by atoms with E-state index in [1.54, 1.807) is 6.07 Å². The minimum atomic E-state index is -3.47. The highest BCUT2D eigenvalue weighted by molar-refractivity contribution is 7.88. The molecule has 1 N–H and O–H groups in total. The van der Waals surface area contributed by atoms with Gasteiger partial charge in [-0.25, -0.2) is 12.7 Å². The molecule has 1 fully saturated rings. The van der Waals surface area contributed by atoms with Crippen molar-refractivity contribution < 1.29 is 12.8 Å². The molecule has 1 aromatic heterocycles. The molecule has 6 heteroatoms. The van der Waals surface area contributed by atoms with Crippen LogP contribution in [0.3, 0.4) is 0 Å². The molecule has 0 bridgehead atoms. The largest absolute Gasteiger partial charge is 0.447 e. The van der Waals surface area contributed by atoms with Gasteiger partial charge in [0.15, 0.2) is 0 Å². The monoisotopic (exact) mass is 300 g/mol. The topological polar surface area (TPSA) is 62.6 Å². The lowest BCUT2D eigenvalue weighted by Gasteiger charge is -2.19. The summed E-state index contributed by atoms with van der Waals surface area (Å²) < 4.78 is 30.4. The standard InChI is InChI=1S/C14H24N2O3S/c1-10-5-7-13(11(10)2)15-9-12-6-8-14(19-12)20(17,18)16(3)4/h6,8,10-11,13,15H,5,7,9H2,1-4H3. The van der Waals surface area contributed by atoms with E-state index in [2.05, 4.69) is 19.2 Å². The summed E-state index contributed by atoms with van der Waals surface area (Å²) in [7, 11) is -0.479. The summed E-state index contributed by atoms with van der Waals surface area (Å²) in [5, 5.41) is 3.48. The summed E-state index contributed by atoms with van der Waals surface area (Å²) in [5.41, 5.74) is 0. The van der Waals surface area contributed by atoms with Crippen molar-refractivity contribution in [2.45, 2.75) is 44.4 Å². The average molecular weight is 300 g/mol. The molecular weight excluding hydrogens is 276 g/mol. The second kappa shape index (κ2) is 5.87. The van der Waals surface area contributed by atoms with Crippen LogP contribution in [0, 0.1) is 11.8 Å². The van der Waals surface area contributed by atoms with Crippen molar-refractivity contribution in [2.24, 2.45) is 11.8 Å². The number of nitrogens with zero attached hydrogens (tertiary/aromatic N) is 1. The molecule has 3 atom stereocenters. The lowest BCUT2D eigenvalue weighted by atomic mass is 9.98. The third-order valence-corrected chi connectivity index (χ3v) is 6.07. The van der Waals surface area contributed by atoms with Gasteiger partial charge in [-0.3, -0.25) is 0 Å². The first kappa shape index (κ1) is 15.5. The van der Waals surface area contributed by atoms with Crippen LogP contribution in [0.25, 0.3) is 0 Å². The molecule has 1 aliphatic carbocycles. The fourth-order valence-electron chi connectivity index (χ4n) is 2.66. The van der Waals surface area contributed by atoms with Crippen molar-refractivity contribution in [1.29, 1.82) is 0 Å². The van der Waals surface area contributed by atoms with Crippen molar-refractivity contribution in [2.75, 3.05) is 14.1 Å². The Morgan fingerprint density at radius 1 is 1.30 bits per heavy atom. The van der Waals surface area contributed by atoms with Gasteiger partial charge in [0, 0.05) is 20.1 Å². The Morgan fingerprint density at radius 3 is 2.55 bits per heavy atom. The molecule has 2 rings (SSSR count). The first-order valence-electron chi connectivity index (χ1n) is 7.07. The second-order valence-electron chi connectivity index (χ2n) is 5.91. The van der Waals surface area contributed by atoms with Gasteiger partial charge >= 0.3 is 0 Å². The van der Waals surface area contributed by atoms with Crippen molar-refractivity contribution in [3.05, 3.63) is 17.9 Å². The van der Waals surface area contributed by atoms with Crippen LogP contribution in [0.5, 0.6) is 0 Å². The van der Waals surface area contributed by atoms with E-state index in [9.17, 15) is 8.42 Å². The summed E-state index contributed by atoms with van der Waals surface area (Å²) in [6, 6.07) is 3.74. The number of sulfonamides is 1. The minimum absolute atomic E-state index is 0.00661. The van der Waals surface area contributed by atoms with Gasteiger partial charge in [-0.2, -0.15) is 0 Å². The lowest BCUT2D eigenvalue weighted by molar-refractivity contribution is 0.341. The molecule has 1 aliphatic rings. The number of hydrogen-bond acceptors (Lipinski definition) is 4. The van der Waals surface area contributed by atoms with Crippen LogP contribution in [0.4, 0.5) is 0 Å². The Morgan fingerprint density at radius 2 is 2.00 bits per heavy atom. The molecule has 3 unspecified atom stereocenters. The van der Waals surface area contributed by atoms with E-state index in [0.717, 1.165) is 10.2 Å². The predicted octanol–water partition coefficient (Wildman–Crippen LogP) is 2.05. The first-order valence-corrected chi connectivity index (χ1v) is 8.51. The summed E-state index contributed by atoms with van der Waals surface area (Å²) in [5.74, 6) is 2.06. The van der Waals surface area contributed by atoms with Crippen molar-refractivity contribution >= 4 is 10.0 Å². The molecular formula is C14H24N2O3S. The van der Waals surface area contributed by atoms with E-state index in [1.807, 2.05) is 0 Å². The predicted molar refractivity (Wildman–Crippen MR) is 77.8 cm³/mol. The minimum Gasteiger partial charge on any atom is -0.447 e. The third-order valence-electron chi connectivity index (χ3n) is 4.38. The fourth-order valence-corrected chi connectivity index (χ4v) is 3.47. The van der Waals surface area contributed by atoms with E-state index in [0.29, 0.717) is 24.3 Å². The maximum Gasteiger partial charge on any atom is 0.275 e. The van der Waals surface area contributed by atoms with Gasteiger partial charge in [0.2, 0.25) is 5.09 Å². The van der Waals surface area contributed by atoms with E-state index in [1.165, 1.54) is 33.0 Å². The maximum absolute atomic E-state index is 11.9. The van der Waals surface area contributed by atoms with E-state index in [-0.39, 0.29) is 5.09 Å². The first-order chi connectivity index (χ1) is 9.32. The normalized spacial score (nSPS) is 27.4. The van der Waals surface area contributed by atoms with Gasteiger partial charge in [-0.1, -0.05) is 13.8 Å². The van der Waals surface area contributed by atoms with Crippen LogP contribution in [-0.4, -0.2) is 32.9 Å². The number of furan rings is 1. The van der Waals surface area contributed by atoms with E-state index < -0.39 is 10.0 Å². The summed E-state index contributed by atoms with van der Waals surface area (Å²) >= 11 is 0. The summed E-state index contributed by atoms with van der Waals surface area (Å²) in [6.45, 7) is 5.12. The van der Waals surface area contributed by atoms with Gasteiger partial charge in [0.1, 0.15) is 5.76 Å². The molecule has 5 nitrogen and oxygen atoms in total. The molecule has 0 radical (unpaired) electrons. The average Bonchev–Trinajstić information content (AvgIpc) is 2.97. The highest BCUT2D eigenvalue weighted by Gasteiger charge is 2.29. The zero-order chi connectivity index (χ0) is 14.9. The van der Waals surface area contributed by atoms with Crippen LogP contribution < -0.4 is 5.32 Å². The van der Waals surface area contributed by atoms with Crippen LogP contribution in [-0.2, 0) is 16.6 Å². The zero-order valence-corrected chi connectivity index (χ0v) is 13.4. The zero-order valence-electron chi connectivity index (χ0n) is 12.6. The number of hydrogen-bond donors (Lipinski definition) is 1. The van der Waals surface area contributed by atoms with Gasteiger partial charge in [0.05, 0.1) is 6.54 Å². The van der Waals surface area contributed by atoms with Crippen LogP contribution in [0.2, 0.25) is 0 Å². The highest BCUT2D eigenvalue weighted by Crippen LogP contribution is 2.31.